The van der Waals surface area contributed by atoms with Gasteiger partial charge in [-0.3, -0.25) is 4.79 Å². The van der Waals surface area contributed by atoms with E-state index in [1.807, 2.05) is 12.1 Å². The third-order valence-electron chi connectivity index (χ3n) is 2.35. The zero-order valence-electron chi connectivity index (χ0n) is 9.67. The number of aromatic nitrogens is 4. The van der Waals surface area contributed by atoms with E-state index in [1.54, 1.807) is 17.8 Å². The molecular weight excluding hydrogens is 220 g/mol. The zero-order valence-corrected chi connectivity index (χ0v) is 9.67. The van der Waals surface area contributed by atoms with Gasteiger partial charge in [-0.05, 0) is 25.5 Å². The molecule has 0 aliphatic carbocycles. The molecule has 0 aliphatic heterocycles. The molecule has 0 amide bonds. The predicted octanol–water partition coefficient (Wildman–Crippen LogP) is 1.17. The first-order valence-electron chi connectivity index (χ1n) is 5.61. The van der Waals surface area contributed by atoms with Crippen LogP contribution in [0.15, 0.2) is 18.3 Å². The van der Waals surface area contributed by atoms with Gasteiger partial charge in [0.05, 0.1) is 6.61 Å². The smallest absolute Gasteiger partial charge is 0.305 e. The molecule has 17 heavy (non-hydrogen) atoms. The number of ether oxygens (including phenoxy) is 1. The largest absolute Gasteiger partial charge is 0.466 e. The number of hydrogen-bond acceptors (Lipinski definition) is 5. The van der Waals surface area contributed by atoms with Crippen molar-refractivity contribution < 1.29 is 9.53 Å². The van der Waals surface area contributed by atoms with Crippen LogP contribution in [0.4, 0.5) is 0 Å². The second kappa shape index (κ2) is 5.38. The monoisotopic (exact) mass is 234 g/mol. The molecule has 0 fully saturated rings. The summed E-state index contributed by atoms with van der Waals surface area (Å²) in [6, 6.07) is 3.75. The molecule has 0 saturated heterocycles. The van der Waals surface area contributed by atoms with Crippen LogP contribution in [0.1, 0.15) is 19.8 Å². The number of aryl methyl sites for hydroxylation is 1. The Morgan fingerprint density at radius 1 is 1.53 bits per heavy atom. The molecule has 0 spiro atoms. The van der Waals surface area contributed by atoms with Crippen molar-refractivity contribution in [3.05, 3.63) is 18.3 Å². The van der Waals surface area contributed by atoms with E-state index in [0.29, 0.717) is 31.6 Å². The van der Waals surface area contributed by atoms with E-state index >= 15 is 0 Å². The maximum Gasteiger partial charge on any atom is 0.305 e. The van der Waals surface area contributed by atoms with Gasteiger partial charge in [0, 0.05) is 19.2 Å². The summed E-state index contributed by atoms with van der Waals surface area (Å²) in [5.41, 5.74) is 1.51. The number of carbonyl (C=O) groups excluding carboxylic acids is 1. The molecule has 0 atom stereocenters. The van der Waals surface area contributed by atoms with Crippen LogP contribution < -0.4 is 0 Å². The first-order chi connectivity index (χ1) is 8.31. The van der Waals surface area contributed by atoms with E-state index < -0.39 is 0 Å². The number of nitrogens with zero attached hydrogens (tertiary/aromatic N) is 4. The Morgan fingerprint density at radius 3 is 3.24 bits per heavy atom. The highest BCUT2D eigenvalue weighted by atomic mass is 16.5. The second-order valence-corrected chi connectivity index (χ2v) is 3.57. The predicted molar refractivity (Wildman–Crippen MR) is 61.2 cm³/mol. The van der Waals surface area contributed by atoms with Gasteiger partial charge in [0.15, 0.2) is 0 Å². The molecular formula is C11H14N4O2. The van der Waals surface area contributed by atoms with E-state index in [9.17, 15) is 4.79 Å². The fourth-order valence-electron chi connectivity index (χ4n) is 1.58. The maximum absolute atomic E-state index is 11.2. The molecule has 0 bridgehead atoms. The SMILES string of the molecule is CCOC(=O)CCCn1nnc2ncccc21. The van der Waals surface area contributed by atoms with Crippen molar-refractivity contribution in [2.24, 2.45) is 0 Å². The zero-order chi connectivity index (χ0) is 12.1. The van der Waals surface area contributed by atoms with Gasteiger partial charge in [-0.25, -0.2) is 9.67 Å². The molecule has 0 N–H and O–H groups in total. The Balaban J connectivity index is 1.93. The van der Waals surface area contributed by atoms with Crippen LogP contribution in [-0.4, -0.2) is 32.6 Å². The Kier molecular flexibility index (Phi) is 3.64. The van der Waals surface area contributed by atoms with Crippen LogP contribution in [0.3, 0.4) is 0 Å². The summed E-state index contributed by atoms with van der Waals surface area (Å²) in [5, 5.41) is 7.93. The van der Waals surface area contributed by atoms with Gasteiger partial charge in [-0.1, -0.05) is 5.21 Å². The minimum atomic E-state index is -0.171. The second-order valence-electron chi connectivity index (χ2n) is 3.57. The summed E-state index contributed by atoms with van der Waals surface area (Å²) in [7, 11) is 0. The highest BCUT2D eigenvalue weighted by molar-refractivity contribution is 5.70. The van der Waals surface area contributed by atoms with Crippen LogP contribution in [0, 0.1) is 0 Å². The molecule has 0 aliphatic rings. The Labute approximate surface area is 98.6 Å². The summed E-state index contributed by atoms with van der Waals surface area (Å²) in [6.07, 6.45) is 2.77. The first kappa shape index (κ1) is 11.5. The summed E-state index contributed by atoms with van der Waals surface area (Å²) in [4.78, 5) is 15.2. The molecule has 0 saturated carbocycles. The van der Waals surface area contributed by atoms with Crippen LogP contribution >= 0.6 is 0 Å². The van der Waals surface area contributed by atoms with Crippen molar-refractivity contribution in [2.75, 3.05) is 6.61 Å². The quantitative estimate of drug-likeness (QED) is 0.726. The van der Waals surface area contributed by atoms with E-state index in [-0.39, 0.29) is 5.97 Å². The Hall–Kier alpha value is -1.98. The van der Waals surface area contributed by atoms with E-state index in [0.717, 1.165) is 5.52 Å². The third-order valence-corrected chi connectivity index (χ3v) is 2.35. The topological polar surface area (TPSA) is 69.9 Å². The summed E-state index contributed by atoms with van der Waals surface area (Å²) >= 11 is 0. The molecule has 90 valence electrons. The normalized spacial score (nSPS) is 10.6. The third kappa shape index (κ3) is 2.77. The minimum absolute atomic E-state index is 0.171. The fourth-order valence-corrected chi connectivity index (χ4v) is 1.58. The van der Waals surface area contributed by atoms with Crippen molar-refractivity contribution in [1.29, 1.82) is 0 Å². The van der Waals surface area contributed by atoms with E-state index in [4.69, 9.17) is 4.74 Å². The Bertz CT molecular complexity index is 509. The van der Waals surface area contributed by atoms with Gasteiger partial charge in [-0.15, -0.1) is 5.10 Å². The van der Waals surface area contributed by atoms with Gasteiger partial charge in [0.25, 0.3) is 0 Å². The number of pyridine rings is 1. The maximum atomic E-state index is 11.2. The van der Waals surface area contributed by atoms with Crippen molar-refractivity contribution in [3.63, 3.8) is 0 Å². The average molecular weight is 234 g/mol. The van der Waals surface area contributed by atoms with Crippen LogP contribution in [-0.2, 0) is 16.1 Å². The molecule has 2 aromatic rings. The van der Waals surface area contributed by atoms with Crippen LogP contribution in [0.5, 0.6) is 0 Å². The lowest BCUT2D eigenvalue weighted by Crippen LogP contribution is -2.07. The molecule has 0 aromatic carbocycles. The molecule has 6 nitrogen and oxygen atoms in total. The highest BCUT2D eigenvalue weighted by Crippen LogP contribution is 2.08. The first-order valence-corrected chi connectivity index (χ1v) is 5.61. The van der Waals surface area contributed by atoms with Gasteiger partial charge in [-0.2, -0.15) is 0 Å². The van der Waals surface area contributed by atoms with Crippen molar-refractivity contribution in [2.45, 2.75) is 26.3 Å². The molecule has 2 rings (SSSR count). The standard InChI is InChI=1S/C11H14N4O2/c1-2-17-10(16)6-4-8-15-9-5-3-7-12-11(9)13-14-15/h3,5,7H,2,4,6,8H2,1H3. The molecule has 2 heterocycles. The lowest BCUT2D eigenvalue weighted by atomic mass is 10.3. The van der Waals surface area contributed by atoms with Crippen molar-refractivity contribution in [3.8, 4) is 0 Å². The molecule has 6 heteroatoms. The van der Waals surface area contributed by atoms with Crippen LogP contribution in [0.25, 0.3) is 11.2 Å². The molecule has 2 aromatic heterocycles. The lowest BCUT2D eigenvalue weighted by molar-refractivity contribution is -0.143. The Morgan fingerprint density at radius 2 is 2.41 bits per heavy atom. The number of rotatable bonds is 5. The van der Waals surface area contributed by atoms with Gasteiger partial charge < -0.3 is 4.74 Å². The number of fused-ring (bicyclic) bond motifs is 1. The van der Waals surface area contributed by atoms with Crippen molar-refractivity contribution in [1.82, 2.24) is 20.0 Å². The number of hydrogen-bond donors (Lipinski definition) is 0. The molecule has 0 unspecified atom stereocenters. The van der Waals surface area contributed by atoms with E-state index in [1.165, 1.54) is 0 Å². The minimum Gasteiger partial charge on any atom is -0.466 e. The fraction of sp³-hybridized carbons (Fsp3) is 0.455. The van der Waals surface area contributed by atoms with Crippen molar-refractivity contribution >= 4 is 17.1 Å². The highest BCUT2D eigenvalue weighted by Gasteiger charge is 2.06. The summed E-state index contributed by atoms with van der Waals surface area (Å²) in [6.45, 7) is 2.87. The van der Waals surface area contributed by atoms with E-state index in [2.05, 4.69) is 15.3 Å². The lowest BCUT2D eigenvalue weighted by Gasteiger charge is -2.02. The summed E-state index contributed by atoms with van der Waals surface area (Å²) < 4.78 is 6.60. The van der Waals surface area contributed by atoms with Crippen LogP contribution in [0.2, 0.25) is 0 Å². The number of carbonyl (C=O) groups is 1. The molecule has 0 radical (unpaired) electrons. The van der Waals surface area contributed by atoms with Gasteiger partial charge >= 0.3 is 5.97 Å². The van der Waals surface area contributed by atoms with Gasteiger partial charge in [0.2, 0.25) is 5.65 Å². The average Bonchev–Trinajstić information content (AvgIpc) is 2.73. The summed E-state index contributed by atoms with van der Waals surface area (Å²) in [5.74, 6) is -0.171. The van der Waals surface area contributed by atoms with Gasteiger partial charge in [0.1, 0.15) is 5.52 Å². The number of esters is 1.